The molecule has 2 aliphatic rings. The van der Waals surface area contributed by atoms with Crippen LogP contribution in [0.1, 0.15) is 24.4 Å². The number of fused-ring (bicyclic) bond motifs is 2. The Bertz CT molecular complexity index is 2440. The summed E-state index contributed by atoms with van der Waals surface area (Å²) in [6, 6.07) is 17.2. The Morgan fingerprint density at radius 3 is 2.39 bits per heavy atom. The van der Waals surface area contributed by atoms with Gasteiger partial charge in [-0.25, -0.2) is 18.2 Å². The van der Waals surface area contributed by atoms with Gasteiger partial charge >= 0.3 is 15.9 Å². The van der Waals surface area contributed by atoms with Crippen molar-refractivity contribution in [3.8, 4) is 16.9 Å². The Morgan fingerprint density at radius 2 is 1.69 bits per heavy atom. The van der Waals surface area contributed by atoms with Crippen LogP contribution in [0.4, 0.5) is 15.8 Å². The molecule has 16 heteroatoms. The minimum atomic E-state index is -4.35. The van der Waals surface area contributed by atoms with E-state index in [1.165, 1.54) is 27.3 Å². The van der Waals surface area contributed by atoms with Crippen LogP contribution in [0.2, 0.25) is 0 Å². The minimum Gasteiger partial charge on any atom is -0.506 e. The molecule has 0 radical (unpaired) electrons. The average molecular weight is 687 g/mol. The molecule has 1 atom stereocenters. The fourth-order valence-corrected chi connectivity index (χ4v) is 7.44. The molecule has 2 aliphatic heterocycles. The maximum absolute atomic E-state index is 15.4. The van der Waals surface area contributed by atoms with Crippen molar-refractivity contribution >= 4 is 67.0 Å². The van der Waals surface area contributed by atoms with E-state index in [0.717, 1.165) is 17.2 Å². The van der Waals surface area contributed by atoms with Gasteiger partial charge in [0.25, 0.3) is 5.91 Å². The first-order valence-corrected chi connectivity index (χ1v) is 16.5. The highest BCUT2D eigenvalue weighted by atomic mass is 32.2. The highest BCUT2D eigenvalue weighted by Gasteiger charge is 2.38. The molecule has 2 saturated heterocycles. The standard InChI is InChI=1S/C33H27FN6O8S/c1-38-25-14-19(6-9-23(25)40(33(38)46)24-10-11-27(42)36-32(24)45)18-4-2-17(3-5-18)12-28(43)35-21-7-8-22-20(13-21)15-26(41)31(30(22)34)39-16-29(44)37-49(39,47)48/h2-9,13-15,24,41H,10-12,16H2,1H3,(H,35,43)(H,37,44)(H,36,42,45)/t24-/m1/s1. The molecule has 0 aliphatic carbocycles. The number of phenolic OH excluding ortho intramolecular Hbond substituents is 1. The number of halogens is 1. The van der Waals surface area contributed by atoms with E-state index in [1.807, 2.05) is 24.3 Å². The largest absolute Gasteiger partial charge is 0.506 e. The van der Waals surface area contributed by atoms with Crippen molar-refractivity contribution in [3.05, 3.63) is 88.6 Å². The third kappa shape index (κ3) is 5.54. The number of phenols is 1. The van der Waals surface area contributed by atoms with Crippen LogP contribution in [0.15, 0.2) is 71.5 Å². The molecule has 0 bridgehead atoms. The number of aromatic hydroxyl groups is 1. The Labute approximate surface area is 276 Å². The van der Waals surface area contributed by atoms with Crippen LogP contribution in [-0.2, 0) is 42.9 Å². The second kappa shape index (κ2) is 11.6. The van der Waals surface area contributed by atoms with Crippen molar-refractivity contribution in [1.82, 2.24) is 19.2 Å². The van der Waals surface area contributed by atoms with E-state index >= 15 is 4.39 Å². The maximum Gasteiger partial charge on any atom is 0.329 e. The second-order valence-electron chi connectivity index (χ2n) is 11.8. The fourth-order valence-electron chi connectivity index (χ4n) is 6.28. The van der Waals surface area contributed by atoms with Gasteiger partial charge in [0.05, 0.1) is 17.5 Å². The number of nitrogens with one attached hydrogen (secondary N) is 3. The molecule has 4 aromatic carbocycles. The number of piperidine rings is 1. The summed E-state index contributed by atoms with van der Waals surface area (Å²) in [5.74, 6) is -3.83. The molecule has 2 fully saturated rings. The van der Waals surface area contributed by atoms with Gasteiger partial charge in [-0.1, -0.05) is 30.3 Å². The molecule has 0 unspecified atom stereocenters. The molecule has 0 saturated carbocycles. The summed E-state index contributed by atoms with van der Waals surface area (Å²) in [7, 11) is -2.73. The smallest absolute Gasteiger partial charge is 0.329 e. The first-order valence-electron chi connectivity index (χ1n) is 15.0. The molecule has 5 aromatic rings. The topological polar surface area (TPSA) is 189 Å². The lowest BCUT2D eigenvalue weighted by Crippen LogP contribution is -2.44. The van der Waals surface area contributed by atoms with Gasteiger partial charge in [0.1, 0.15) is 24.0 Å². The molecule has 49 heavy (non-hydrogen) atoms. The number of hydrogen-bond donors (Lipinski definition) is 4. The number of aromatic nitrogens is 2. The zero-order valence-electron chi connectivity index (χ0n) is 25.7. The Balaban J connectivity index is 1.06. The number of hydrogen-bond acceptors (Lipinski definition) is 8. The van der Waals surface area contributed by atoms with E-state index in [0.29, 0.717) is 26.6 Å². The van der Waals surface area contributed by atoms with Crippen LogP contribution in [0.25, 0.3) is 32.9 Å². The lowest BCUT2D eigenvalue weighted by Gasteiger charge is -2.21. The summed E-state index contributed by atoms with van der Waals surface area (Å²) in [6.07, 6.45) is 0.389. The van der Waals surface area contributed by atoms with E-state index < -0.39 is 51.9 Å². The summed E-state index contributed by atoms with van der Waals surface area (Å²) < 4.78 is 44.8. The number of amides is 4. The van der Waals surface area contributed by atoms with Gasteiger partial charge in [0, 0.05) is 24.5 Å². The fraction of sp³-hybridized carbons (Fsp3) is 0.182. The average Bonchev–Trinajstić information content (AvgIpc) is 3.46. The van der Waals surface area contributed by atoms with Crippen LogP contribution in [0.5, 0.6) is 5.75 Å². The van der Waals surface area contributed by atoms with Crippen molar-refractivity contribution in [3.63, 3.8) is 0 Å². The first-order chi connectivity index (χ1) is 23.3. The van der Waals surface area contributed by atoms with Gasteiger partial charge in [-0.15, -0.1) is 0 Å². The van der Waals surface area contributed by atoms with Gasteiger partial charge < -0.3 is 10.4 Å². The molecule has 250 valence electrons. The Kier molecular flexibility index (Phi) is 7.46. The second-order valence-corrected chi connectivity index (χ2v) is 13.4. The van der Waals surface area contributed by atoms with E-state index in [-0.39, 0.29) is 47.5 Å². The maximum atomic E-state index is 15.4. The molecule has 1 aromatic heterocycles. The van der Waals surface area contributed by atoms with Crippen LogP contribution in [0, 0.1) is 5.82 Å². The van der Waals surface area contributed by atoms with E-state index in [9.17, 15) is 37.5 Å². The zero-order chi connectivity index (χ0) is 34.8. The summed E-state index contributed by atoms with van der Waals surface area (Å²) >= 11 is 0. The third-order valence-corrected chi connectivity index (χ3v) is 10.0. The van der Waals surface area contributed by atoms with Crippen molar-refractivity contribution in [2.75, 3.05) is 16.2 Å². The highest BCUT2D eigenvalue weighted by molar-refractivity contribution is 7.92. The predicted molar refractivity (Wildman–Crippen MR) is 176 cm³/mol. The molecule has 4 N–H and O–H groups in total. The molecule has 3 heterocycles. The SMILES string of the molecule is Cn1c(=O)n([C@@H]2CCC(=O)NC2=O)c2ccc(-c3ccc(CC(=O)Nc4ccc5c(F)c(N6CC(=O)NS6(=O)=O)c(O)cc5c4)cc3)cc21. The van der Waals surface area contributed by atoms with Gasteiger partial charge in [-0.3, -0.25) is 33.6 Å². The molecule has 7 rings (SSSR count). The van der Waals surface area contributed by atoms with Gasteiger partial charge in [0.2, 0.25) is 17.7 Å². The summed E-state index contributed by atoms with van der Waals surface area (Å²) in [6.45, 7) is -0.676. The van der Waals surface area contributed by atoms with Crippen LogP contribution in [0.3, 0.4) is 0 Å². The quantitative estimate of drug-likeness (QED) is 0.196. The van der Waals surface area contributed by atoms with Crippen molar-refractivity contribution in [1.29, 1.82) is 0 Å². The minimum absolute atomic E-state index is 0.00700. The number of carbonyl (C=O) groups excluding carboxylic acids is 4. The normalized spacial score (nSPS) is 17.4. The first kappa shape index (κ1) is 31.6. The molecular formula is C33H27FN6O8S. The number of anilines is 2. The van der Waals surface area contributed by atoms with E-state index in [4.69, 9.17) is 0 Å². The third-order valence-electron chi connectivity index (χ3n) is 8.65. The van der Waals surface area contributed by atoms with E-state index in [2.05, 4.69) is 10.6 Å². The number of imide groups is 1. The highest BCUT2D eigenvalue weighted by Crippen LogP contribution is 2.39. The number of benzene rings is 4. The van der Waals surface area contributed by atoms with Crippen LogP contribution in [-0.4, -0.2) is 52.8 Å². The van der Waals surface area contributed by atoms with Crippen molar-refractivity contribution in [2.24, 2.45) is 7.05 Å². The van der Waals surface area contributed by atoms with Crippen LogP contribution < -0.4 is 25.4 Å². The van der Waals surface area contributed by atoms with Crippen molar-refractivity contribution in [2.45, 2.75) is 25.3 Å². The van der Waals surface area contributed by atoms with Gasteiger partial charge in [-0.05, 0) is 64.9 Å². The molecule has 0 spiro atoms. The lowest BCUT2D eigenvalue weighted by atomic mass is 10.0. The number of aryl methyl sites for hydroxylation is 1. The zero-order valence-corrected chi connectivity index (χ0v) is 26.5. The summed E-state index contributed by atoms with van der Waals surface area (Å²) in [5, 5.41) is 15.7. The Hall–Kier alpha value is -6.03. The van der Waals surface area contributed by atoms with Crippen molar-refractivity contribution < 1.29 is 37.1 Å². The number of rotatable bonds is 6. The molecule has 4 amide bonds. The summed E-state index contributed by atoms with van der Waals surface area (Å²) in [5.41, 5.74) is 2.80. The summed E-state index contributed by atoms with van der Waals surface area (Å²) in [4.78, 5) is 61.7. The monoisotopic (exact) mass is 686 g/mol. The molecular weight excluding hydrogens is 659 g/mol. The molecule has 14 nitrogen and oxygen atoms in total. The van der Waals surface area contributed by atoms with Crippen LogP contribution >= 0.6 is 0 Å². The van der Waals surface area contributed by atoms with Gasteiger partial charge in [-0.2, -0.15) is 8.42 Å². The Morgan fingerprint density at radius 1 is 0.959 bits per heavy atom. The number of imidazole rings is 1. The number of carbonyl (C=O) groups is 4. The lowest BCUT2D eigenvalue weighted by molar-refractivity contribution is -0.135. The van der Waals surface area contributed by atoms with Gasteiger partial charge in [0.15, 0.2) is 5.82 Å². The number of nitrogens with zero attached hydrogens (tertiary/aromatic N) is 3. The predicted octanol–water partition coefficient (Wildman–Crippen LogP) is 2.34. The van der Waals surface area contributed by atoms with E-state index in [1.54, 1.807) is 30.0 Å².